The van der Waals surface area contributed by atoms with Gasteiger partial charge in [0.1, 0.15) is 11.6 Å². The molecule has 1 rings (SSSR count). The van der Waals surface area contributed by atoms with Crippen LogP contribution in [0.25, 0.3) is 5.57 Å². The number of allylic oxidation sites excluding steroid dienone is 1. The summed E-state index contributed by atoms with van der Waals surface area (Å²) in [6, 6.07) is 1.58. The molecule has 0 saturated carbocycles. The van der Waals surface area contributed by atoms with Gasteiger partial charge >= 0.3 is 51.4 Å². The van der Waals surface area contributed by atoms with Gasteiger partial charge in [-0.25, -0.2) is 14.4 Å². The van der Waals surface area contributed by atoms with Crippen molar-refractivity contribution in [1.29, 1.82) is 0 Å². The Labute approximate surface area is 138 Å². The maximum Gasteiger partial charge on any atom is 1.00 e. The second-order valence-electron chi connectivity index (χ2n) is 2.68. The third-order valence-corrected chi connectivity index (χ3v) is 1.45. The Kier molecular flexibility index (Phi) is 10.3. The van der Waals surface area contributed by atoms with Crippen LogP contribution in [0.15, 0.2) is 12.1 Å². The van der Waals surface area contributed by atoms with Crippen LogP contribution in [0, 0.1) is 24.9 Å². The molecule has 90 valence electrons. The van der Waals surface area contributed by atoms with Gasteiger partial charge in [-0.1, -0.05) is 13.0 Å². The Morgan fingerprint density at radius 3 is 2.00 bits per heavy atom. The fourth-order valence-corrected chi connectivity index (χ4v) is 0.867. The molecule has 0 amide bonds. The van der Waals surface area contributed by atoms with Gasteiger partial charge in [-0.3, -0.25) is 6.58 Å². The molecule has 0 fully saturated rings. The first-order valence-electron chi connectivity index (χ1n) is 3.86. The van der Waals surface area contributed by atoms with Crippen molar-refractivity contribution in [3.63, 3.8) is 0 Å². The smallest absolute Gasteiger partial charge is 0.523 e. The Balaban J connectivity index is 0. The van der Waals surface area contributed by atoms with E-state index < -0.39 is 24.1 Å². The zero-order chi connectivity index (χ0) is 12.9. The molecule has 0 heterocycles. The molecular formula is C10H7F5KO-. The molecule has 7 heteroatoms. The molecule has 0 bridgehead atoms. The number of phenols is 1. The van der Waals surface area contributed by atoms with Crippen molar-refractivity contribution in [3.8, 4) is 5.75 Å². The predicted molar refractivity (Wildman–Crippen MR) is 48.0 cm³/mol. The maximum absolute atomic E-state index is 12.6. The summed E-state index contributed by atoms with van der Waals surface area (Å²) >= 11 is 0. The molecule has 17 heavy (non-hydrogen) atoms. The van der Waals surface area contributed by atoms with Crippen molar-refractivity contribution in [2.75, 3.05) is 0 Å². The Morgan fingerprint density at radius 1 is 1.24 bits per heavy atom. The average Bonchev–Trinajstić information content (AvgIpc) is 2.09. The summed E-state index contributed by atoms with van der Waals surface area (Å²) in [5, 5.41) is 9.05. The number of phenolic OH excluding ortho intramolecular Hbond substituents is 1. The average molecular weight is 277 g/mol. The quantitative estimate of drug-likeness (QED) is 0.458. The van der Waals surface area contributed by atoms with Crippen molar-refractivity contribution in [2.24, 2.45) is 0 Å². The minimum atomic E-state index is -3.08. The molecule has 0 unspecified atom stereocenters. The van der Waals surface area contributed by atoms with Crippen molar-refractivity contribution in [1.82, 2.24) is 0 Å². The molecule has 0 aromatic heterocycles. The van der Waals surface area contributed by atoms with Gasteiger partial charge in [0, 0.05) is 6.07 Å². The maximum atomic E-state index is 12.6. The molecule has 0 aliphatic heterocycles. The Morgan fingerprint density at radius 2 is 1.65 bits per heavy atom. The second kappa shape index (κ2) is 9.04. The van der Waals surface area contributed by atoms with E-state index in [4.69, 9.17) is 11.7 Å². The summed E-state index contributed by atoms with van der Waals surface area (Å²) < 4.78 is 53.9. The number of aromatic hydroxyl groups is 1. The van der Waals surface area contributed by atoms with Gasteiger partial charge in [0.2, 0.25) is 0 Å². The van der Waals surface area contributed by atoms with Crippen LogP contribution in [-0.2, 0) is 0 Å². The van der Waals surface area contributed by atoms with Crippen molar-refractivity contribution in [3.05, 3.63) is 42.6 Å². The first-order chi connectivity index (χ1) is 7.25. The number of benzene rings is 1. The van der Waals surface area contributed by atoms with E-state index >= 15 is 0 Å². The third-order valence-electron chi connectivity index (χ3n) is 1.45. The van der Waals surface area contributed by atoms with Crippen molar-refractivity contribution in [2.45, 2.75) is 6.92 Å². The zero-order valence-corrected chi connectivity index (χ0v) is 12.2. The first-order valence-corrected chi connectivity index (χ1v) is 3.86. The molecule has 1 nitrogen and oxygen atoms in total. The molecule has 0 aliphatic rings. The standard InChI is InChI=1S/C9H7F2O.CF3.K/c1-5(2)7-3-6(10)4-8(11)9(7)12;2-1(3)4;/h1,3-4,12H,2H3;;/q2*-1;+1. The molecular weight excluding hydrogens is 270 g/mol. The normalized spacial score (nSPS) is 9.12. The van der Waals surface area contributed by atoms with Crippen LogP contribution < -0.4 is 51.4 Å². The number of hydrogen-bond donors (Lipinski definition) is 1. The van der Waals surface area contributed by atoms with Gasteiger partial charge in [0.15, 0.2) is 6.68 Å². The summed E-state index contributed by atoms with van der Waals surface area (Å²) in [6.45, 7) is 3.64. The molecule has 1 aromatic carbocycles. The van der Waals surface area contributed by atoms with Crippen LogP contribution in [0.4, 0.5) is 22.0 Å². The van der Waals surface area contributed by atoms with Gasteiger partial charge in [0.25, 0.3) is 0 Å². The van der Waals surface area contributed by atoms with E-state index in [-0.39, 0.29) is 62.5 Å². The van der Waals surface area contributed by atoms with E-state index in [1.54, 1.807) is 0 Å². The number of hydrogen-bond acceptors (Lipinski definition) is 1. The summed E-state index contributed by atoms with van der Waals surface area (Å²) in [4.78, 5) is 0. The monoisotopic (exact) mass is 277 g/mol. The van der Waals surface area contributed by atoms with Crippen molar-refractivity contribution >= 4 is 5.57 Å². The van der Waals surface area contributed by atoms with Crippen LogP contribution >= 0.6 is 0 Å². The van der Waals surface area contributed by atoms with Gasteiger partial charge < -0.3 is 18.3 Å². The van der Waals surface area contributed by atoms with Crippen molar-refractivity contribution < 1.29 is 78.4 Å². The molecule has 0 saturated heterocycles. The van der Waals surface area contributed by atoms with E-state index in [0.29, 0.717) is 6.07 Å². The fraction of sp³-hybridized carbons (Fsp3) is 0.100. The Bertz CT molecular complexity index is 378. The summed E-state index contributed by atoms with van der Waals surface area (Å²) in [6.07, 6.45) is 0. The van der Waals surface area contributed by atoms with E-state index in [9.17, 15) is 22.0 Å². The second-order valence-corrected chi connectivity index (χ2v) is 2.68. The topological polar surface area (TPSA) is 20.2 Å². The number of rotatable bonds is 1. The molecule has 1 N–H and O–H groups in total. The molecule has 0 radical (unpaired) electrons. The van der Waals surface area contributed by atoms with Crippen LogP contribution in [0.1, 0.15) is 12.5 Å². The first kappa shape index (κ1) is 19.4. The summed E-state index contributed by atoms with van der Waals surface area (Å²) in [5.74, 6) is -2.38. The third kappa shape index (κ3) is 7.88. The molecule has 0 spiro atoms. The SMILES string of the molecule is F[C-](F)F.[CH-]=C(C)c1cc(F)cc(F)c1O.[K+]. The zero-order valence-electron chi connectivity index (χ0n) is 9.07. The predicted octanol–water partition coefficient (Wildman–Crippen LogP) is 0.853. The van der Waals surface area contributed by atoms with Gasteiger partial charge in [-0.05, 0) is 0 Å². The minimum Gasteiger partial charge on any atom is -0.523 e. The van der Waals surface area contributed by atoms with Crippen LogP contribution in [0.5, 0.6) is 5.75 Å². The van der Waals surface area contributed by atoms with Gasteiger partial charge in [-0.15, -0.1) is 5.56 Å². The fourth-order valence-electron chi connectivity index (χ4n) is 0.867. The largest absolute Gasteiger partial charge is 1.00 e. The Hall–Kier alpha value is 0.0464. The number of halogens is 5. The van der Waals surface area contributed by atoms with Gasteiger partial charge in [-0.2, -0.15) is 0 Å². The van der Waals surface area contributed by atoms with Gasteiger partial charge in [0.05, 0.1) is 5.75 Å². The van der Waals surface area contributed by atoms with E-state index in [2.05, 4.69) is 0 Å². The molecule has 0 atom stereocenters. The van der Waals surface area contributed by atoms with Crippen LogP contribution in [0.3, 0.4) is 0 Å². The van der Waals surface area contributed by atoms with E-state index in [1.807, 2.05) is 0 Å². The van der Waals surface area contributed by atoms with Crippen LogP contribution in [0.2, 0.25) is 0 Å². The molecule has 0 aliphatic carbocycles. The van der Waals surface area contributed by atoms with E-state index in [1.165, 1.54) is 6.92 Å². The molecule has 1 aromatic rings. The summed E-state index contributed by atoms with van der Waals surface area (Å²) in [5.41, 5.74) is 0.165. The van der Waals surface area contributed by atoms with E-state index in [0.717, 1.165) is 6.07 Å². The van der Waals surface area contributed by atoms with Crippen LogP contribution in [-0.4, -0.2) is 5.11 Å². The summed E-state index contributed by atoms with van der Waals surface area (Å²) in [7, 11) is 0. The minimum absolute atomic E-state index is 0.